The number of ether oxygens (including phenoxy) is 1. The van der Waals surface area contributed by atoms with Crippen molar-refractivity contribution in [2.45, 2.75) is 20.0 Å². The zero-order valence-corrected chi connectivity index (χ0v) is 15.2. The number of carbonyl (C=O) groups is 1. The van der Waals surface area contributed by atoms with Gasteiger partial charge in [0.05, 0.1) is 29.1 Å². The van der Waals surface area contributed by atoms with Gasteiger partial charge in [-0.15, -0.1) is 0 Å². The van der Waals surface area contributed by atoms with Crippen LogP contribution in [0, 0.1) is 12.7 Å². The van der Waals surface area contributed by atoms with Gasteiger partial charge in [0, 0.05) is 5.69 Å². The first kappa shape index (κ1) is 19.7. The summed E-state index contributed by atoms with van der Waals surface area (Å²) in [6.45, 7) is 3.32. The molecule has 28 heavy (non-hydrogen) atoms. The number of carbonyl (C=O) groups excluding carboxylic acids is 1. The molecule has 0 spiro atoms. The maximum absolute atomic E-state index is 13.6. The monoisotopic (exact) mass is 391 g/mol. The summed E-state index contributed by atoms with van der Waals surface area (Å²) in [7, 11) is 0. The summed E-state index contributed by atoms with van der Waals surface area (Å²) >= 11 is 0. The number of halogens is 4. The van der Waals surface area contributed by atoms with Gasteiger partial charge in [0.15, 0.2) is 0 Å². The van der Waals surface area contributed by atoms with Crippen LogP contribution in [0.4, 0.5) is 17.6 Å². The summed E-state index contributed by atoms with van der Waals surface area (Å²) < 4.78 is 60.5. The normalized spacial score (nSPS) is 11.5. The standard InChI is InChI=1S/C21H17F4NO2/c1-3-28-20(27)16-12-19(14-8-10-15(22)11-9-14)26(13(16)2)18-7-5-4-6-17(18)21(23,24)25/h4-12H,3H2,1-2H3. The van der Waals surface area contributed by atoms with Crippen molar-refractivity contribution in [1.82, 2.24) is 4.57 Å². The Morgan fingerprint density at radius 2 is 1.71 bits per heavy atom. The summed E-state index contributed by atoms with van der Waals surface area (Å²) in [5.74, 6) is -1.11. The van der Waals surface area contributed by atoms with Crippen LogP contribution in [0.2, 0.25) is 0 Å². The van der Waals surface area contributed by atoms with Crippen LogP contribution in [-0.4, -0.2) is 17.1 Å². The minimum Gasteiger partial charge on any atom is -0.462 e. The molecule has 3 rings (SSSR count). The number of hydrogen-bond acceptors (Lipinski definition) is 2. The molecule has 0 bridgehead atoms. The van der Waals surface area contributed by atoms with Crippen LogP contribution in [0.5, 0.6) is 0 Å². The van der Waals surface area contributed by atoms with E-state index < -0.39 is 23.5 Å². The van der Waals surface area contributed by atoms with Crippen molar-refractivity contribution in [1.29, 1.82) is 0 Å². The summed E-state index contributed by atoms with van der Waals surface area (Å²) in [6.07, 6.45) is -4.59. The molecule has 146 valence electrons. The predicted octanol–water partition coefficient (Wildman–Crippen LogP) is 5.79. The van der Waals surface area contributed by atoms with Gasteiger partial charge in [0.1, 0.15) is 5.82 Å². The Bertz CT molecular complexity index is 1000. The molecule has 0 radical (unpaired) electrons. The Hall–Kier alpha value is -3.09. The summed E-state index contributed by atoms with van der Waals surface area (Å²) in [5, 5.41) is 0. The number of benzene rings is 2. The van der Waals surface area contributed by atoms with E-state index in [0.29, 0.717) is 17.0 Å². The second-order valence-electron chi connectivity index (χ2n) is 6.11. The van der Waals surface area contributed by atoms with E-state index in [0.717, 1.165) is 6.07 Å². The lowest BCUT2D eigenvalue weighted by Crippen LogP contribution is -2.13. The van der Waals surface area contributed by atoms with E-state index in [4.69, 9.17) is 4.74 Å². The van der Waals surface area contributed by atoms with Gasteiger partial charge in [-0.25, -0.2) is 9.18 Å². The minimum atomic E-state index is -4.59. The number of rotatable bonds is 4. The van der Waals surface area contributed by atoms with Crippen LogP contribution < -0.4 is 0 Å². The molecular formula is C21H17F4NO2. The minimum absolute atomic E-state index is 0.123. The molecule has 0 aliphatic heterocycles. The highest BCUT2D eigenvalue weighted by Gasteiger charge is 2.35. The molecule has 0 fully saturated rings. The first-order valence-electron chi connectivity index (χ1n) is 8.56. The fraction of sp³-hybridized carbons (Fsp3) is 0.190. The van der Waals surface area contributed by atoms with Gasteiger partial charge in [-0.2, -0.15) is 13.2 Å². The summed E-state index contributed by atoms with van der Waals surface area (Å²) in [6, 6.07) is 11.9. The fourth-order valence-electron chi connectivity index (χ4n) is 3.07. The highest BCUT2D eigenvalue weighted by molar-refractivity contribution is 5.93. The summed E-state index contributed by atoms with van der Waals surface area (Å²) in [5.41, 5.74) is 0.289. The Labute approximate surface area is 159 Å². The van der Waals surface area contributed by atoms with E-state index in [9.17, 15) is 22.4 Å². The van der Waals surface area contributed by atoms with E-state index in [2.05, 4.69) is 0 Å². The van der Waals surface area contributed by atoms with E-state index in [1.54, 1.807) is 13.8 Å². The lowest BCUT2D eigenvalue weighted by molar-refractivity contribution is -0.137. The van der Waals surface area contributed by atoms with E-state index in [1.807, 2.05) is 0 Å². The van der Waals surface area contributed by atoms with Crippen LogP contribution in [0.15, 0.2) is 54.6 Å². The van der Waals surface area contributed by atoms with Crippen molar-refractivity contribution in [2.75, 3.05) is 6.61 Å². The predicted molar refractivity (Wildman–Crippen MR) is 96.9 cm³/mol. The van der Waals surface area contributed by atoms with Crippen LogP contribution in [-0.2, 0) is 10.9 Å². The number of nitrogens with zero attached hydrogens (tertiary/aromatic N) is 1. The SMILES string of the molecule is CCOC(=O)c1cc(-c2ccc(F)cc2)n(-c2ccccc2C(F)(F)F)c1C. The Morgan fingerprint density at radius 1 is 1.07 bits per heavy atom. The molecule has 3 aromatic rings. The lowest BCUT2D eigenvalue weighted by atomic mass is 10.1. The quantitative estimate of drug-likeness (QED) is 0.417. The van der Waals surface area contributed by atoms with Crippen LogP contribution in [0.1, 0.15) is 28.5 Å². The maximum atomic E-state index is 13.6. The van der Waals surface area contributed by atoms with Crippen molar-refractivity contribution in [3.63, 3.8) is 0 Å². The second kappa shape index (κ2) is 7.50. The third-order valence-corrected chi connectivity index (χ3v) is 4.33. The van der Waals surface area contributed by atoms with Crippen molar-refractivity contribution in [3.8, 4) is 16.9 Å². The van der Waals surface area contributed by atoms with Gasteiger partial charge in [-0.1, -0.05) is 12.1 Å². The van der Waals surface area contributed by atoms with E-state index >= 15 is 0 Å². The van der Waals surface area contributed by atoms with Crippen LogP contribution in [0.25, 0.3) is 16.9 Å². The molecule has 0 N–H and O–H groups in total. The third-order valence-electron chi connectivity index (χ3n) is 4.33. The number of aromatic nitrogens is 1. The average molecular weight is 391 g/mol. The van der Waals surface area contributed by atoms with Crippen LogP contribution in [0.3, 0.4) is 0 Å². The molecule has 7 heteroatoms. The molecule has 0 aliphatic carbocycles. The molecule has 0 saturated carbocycles. The first-order chi connectivity index (χ1) is 13.2. The number of para-hydroxylation sites is 1. The molecule has 1 heterocycles. The van der Waals surface area contributed by atoms with Gasteiger partial charge in [0.25, 0.3) is 0 Å². The molecule has 1 aromatic heterocycles. The lowest BCUT2D eigenvalue weighted by Gasteiger charge is -2.18. The largest absolute Gasteiger partial charge is 0.462 e. The molecule has 0 atom stereocenters. The number of esters is 1. The van der Waals surface area contributed by atoms with Gasteiger partial charge in [-0.3, -0.25) is 0 Å². The topological polar surface area (TPSA) is 31.2 Å². The first-order valence-corrected chi connectivity index (χ1v) is 8.56. The highest BCUT2D eigenvalue weighted by atomic mass is 19.4. The number of hydrogen-bond donors (Lipinski definition) is 0. The maximum Gasteiger partial charge on any atom is 0.418 e. The molecule has 3 nitrogen and oxygen atoms in total. The van der Waals surface area contributed by atoms with Crippen molar-refractivity contribution >= 4 is 5.97 Å². The molecule has 0 aliphatic rings. The van der Waals surface area contributed by atoms with E-state index in [1.165, 1.54) is 53.1 Å². The molecule has 2 aromatic carbocycles. The van der Waals surface area contributed by atoms with Gasteiger partial charge in [0.2, 0.25) is 0 Å². The molecule has 0 saturated heterocycles. The summed E-state index contributed by atoms with van der Waals surface area (Å²) in [4.78, 5) is 12.3. The van der Waals surface area contributed by atoms with Gasteiger partial charge < -0.3 is 9.30 Å². The molecule has 0 amide bonds. The fourth-order valence-corrected chi connectivity index (χ4v) is 3.07. The Balaban J connectivity index is 2.31. The second-order valence-corrected chi connectivity index (χ2v) is 6.11. The Kier molecular flexibility index (Phi) is 5.27. The zero-order chi connectivity index (χ0) is 20.5. The van der Waals surface area contributed by atoms with Gasteiger partial charge in [-0.05, 0) is 61.9 Å². The third kappa shape index (κ3) is 3.65. The van der Waals surface area contributed by atoms with E-state index in [-0.39, 0.29) is 17.9 Å². The average Bonchev–Trinajstić information content (AvgIpc) is 2.99. The molecular weight excluding hydrogens is 374 g/mol. The van der Waals surface area contributed by atoms with Gasteiger partial charge >= 0.3 is 12.1 Å². The molecule has 0 unspecified atom stereocenters. The van der Waals surface area contributed by atoms with Crippen LogP contribution >= 0.6 is 0 Å². The highest BCUT2D eigenvalue weighted by Crippen LogP contribution is 2.37. The smallest absolute Gasteiger partial charge is 0.418 e. The Morgan fingerprint density at radius 3 is 2.32 bits per heavy atom. The van der Waals surface area contributed by atoms with Crippen molar-refractivity contribution in [2.24, 2.45) is 0 Å². The van der Waals surface area contributed by atoms with Crippen molar-refractivity contribution < 1.29 is 27.1 Å². The van der Waals surface area contributed by atoms with Crippen molar-refractivity contribution in [3.05, 3.63) is 77.2 Å². The number of alkyl halides is 3. The zero-order valence-electron chi connectivity index (χ0n) is 15.2.